The number of ketones is 1. The summed E-state index contributed by atoms with van der Waals surface area (Å²) < 4.78 is 0. The van der Waals surface area contributed by atoms with Crippen LogP contribution in [-0.4, -0.2) is 17.9 Å². The fraction of sp³-hybridized carbons (Fsp3) is 0.800. The third kappa shape index (κ3) is 2.32. The molecular weight excluding hydrogens is 120 g/mol. The molecule has 0 heterocycles. The van der Waals surface area contributed by atoms with E-state index in [9.17, 15) is 9.70 Å². The van der Waals surface area contributed by atoms with Gasteiger partial charge in [-0.3, -0.25) is 4.79 Å². The number of hydrogen-bond donors (Lipinski definition) is 1. The summed E-state index contributed by atoms with van der Waals surface area (Å²) in [5.41, 5.74) is 5.23. The first kappa shape index (κ1) is 8.23. The topological polar surface area (TPSA) is 72.5 Å². The molecule has 2 unspecified atom stereocenters. The molecule has 0 aromatic rings. The molecule has 0 bridgehead atoms. The van der Waals surface area contributed by atoms with Gasteiger partial charge in [0.25, 0.3) is 0 Å². The van der Waals surface area contributed by atoms with Crippen molar-refractivity contribution >= 4 is 5.78 Å². The first-order valence-electron chi connectivity index (χ1n) is 2.68. The lowest BCUT2D eigenvalue weighted by Gasteiger charge is -2.06. The summed E-state index contributed by atoms with van der Waals surface area (Å²) in [6.45, 7) is 2.88. The van der Waals surface area contributed by atoms with E-state index >= 15 is 0 Å². The van der Waals surface area contributed by atoms with E-state index in [2.05, 4.69) is 5.18 Å². The standard InChI is InChI=1S/C5H10N2O2/c1-3(6)5(7-9)4(2)8/h3,5H,6H2,1-2H3. The van der Waals surface area contributed by atoms with Gasteiger partial charge in [0, 0.05) is 6.04 Å². The Balaban J connectivity index is 3.98. The van der Waals surface area contributed by atoms with Gasteiger partial charge in [0.15, 0.2) is 11.8 Å². The number of rotatable bonds is 3. The Labute approximate surface area is 53.4 Å². The zero-order valence-corrected chi connectivity index (χ0v) is 5.50. The maximum atomic E-state index is 10.4. The van der Waals surface area contributed by atoms with Crippen LogP contribution in [0.2, 0.25) is 0 Å². The Bertz CT molecular complexity index is 122. The van der Waals surface area contributed by atoms with Gasteiger partial charge in [0.05, 0.1) is 0 Å². The summed E-state index contributed by atoms with van der Waals surface area (Å²) >= 11 is 0. The monoisotopic (exact) mass is 130 g/mol. The van der Waals surface area contributed by atoms with Crippen molar-refractivity contribution in [1.82, 2.24) is 0 Å². The number of carbonyl (C=O) groups is 1. The number of carbonyl (C=O) groups excluding carboxylic acids is 1. The molecule has 0 aliphatic carbocycles. The van der Waals surface area contributed by atoms with Gasteiger partial charge in [-0.1, -0.05) is 5.18 Å². The summed E-state index contributed by atoms with van der Waals surface area (Å²) in [6, 6.07) is -1.34. The Morgan fingerprint density at radius 1 is 1.67 bits per heavy atom. The maximum absolute atomic E-state index is 10.4. The van der Waals surface area contributed by atoms with Crippen LogP contribution in [0.3, 0.4) is 0 Å². The van der Waals surface area contributed by atoms with Crippen LogP contribution in [0.5, 0.6) is 0 Å². The molecule has 0 rings (SSSR count). The molecule has 4 nitrogen and oxygen atoms in total. The van der Waals surface area contributed by atoms with E-state index in [0.29, 0.717) is 0 Å². The smallest absolute Gasteiger partial charge is 0.164 e. The molecule has 0 aromatic heterocycles. The predicted octanol–water partition coefficient (Wildman–Crippen LogP) is 0.0576. The Hall–Kier alpha value is -0.770. The average molecular weight is 130 g/mol. The van der Waals surface area contributed by atoms with Crippen LogP contribution in [0.4, 0.5) is 0 Å². The van der Waals surface area contributed by atoms with E-state index in [1.807, 2.05) is 0 Å². The molecule has 0 aromatic carbocycles. The average Bonchev–Trinajstić information content (AvgIpc) is 1.64. The van der Waals surface area contributed by atoms with Crippen LogP contribution < -0.4 is 5.73 Å². The highest BCUT2D eigenvalue weighted by atomic mass is 16.3. The van der Waals surface area contributed by atoms with Crippen LogP contribution in [0, 0.1) is 4.91 Å². The van der Waals surface area contributed by atoms with Gasteiger partial charge < -0.3 is 5.73 Å². The molecule has 52 valence electrons. The lowest BCUT2D eigenvalue weighted by atomic mass is 10.1. The molecule has 0 saturated heterocycles. The fourth-order valence-electron chi connectivity index (χ4n) is 0.540. The SMILES string of the molecule is CC(=O)C(N=O)C(C)N. The summed E-state index contributed by atoms with van der Waals surface area (Å²) in [4.78, 5) is 20.3. The maximum Gasteiger partial charge on any atom is 0.164 e. The van der Waals surface area contributed by atoms with Crippen LogP contribution >= 0.6 is 0 Å². The fourth-order valence-corrected chi connectivity index (χ4v) is 0.540. The Kier molecular flexibility index (Phi) is 3.01. The number of hydrogen-bond acceptors (Lipinski definition) is 4. The first-order valence-corrected chi connectivity index (χ1v) is 2.68. The number of nitrogens with zero attached hydrogens (tertiary/aromatic N) is 1. The Morgan fingerprint density at radius 2 is 2.11 bits per heavy atom. The van der Waals surface area contributed by atoms with E-state index in [1.54, 1.807) is 6.92 Å². The highest BCUT2D eigenvalue weighted by Gasteiger charge is 2.18. The zero-order chi connectivity index (χ0) is 7.44. The van der Waals surface area contributed by atoms with Crippen molar-refractivity contribution in [2.24, 2.45) is 10.9 Å². The van der Waals surface area contributed by atoms with E-state index in [1.165, 1.54) is 6.92 Å². The number of nitroso groups, excluding NO2 is 1. The normalized spacial score (nSPS) is 16.3. The Morgan fingerprint density at radius 3 is 2.11 bits per heavy atom. The molecule has 0 amide bonds. The molecule has 0 aliphatic heterocycles. The second kappa shape index (κ2) is 3.29. The highest BCUT2D eigenvalue weighted by molar-refractivity contribution is 5.82. The zero-order valence-electron chi connectivity index (χ0n) is 5.50. The molecule has 4 heteroatoms. The molecular formula is C5H10N2O2. The quantitative estimate of drug-likeness (QED) is 0.549. The molecule has 0 spiro atoms. The van der Waals surface area contributed by atoms with Crippen molar-refractivity contribution in [3.8, 4) is 0 Å². The third-order valence-corrected chi connectivity index (χ3v) is 1.03. The van der Waals surface area contributed by atoms with Crippen LogP contribution in [0.25, 0.3) is 0 Å². The third-order valence-electron chi connectivity index (χ3n) is 1.03. The second-order valence-electron chi connectivity index (χ2n) is 2.02. The minimum absolute atomic E-state index is 0.278. The van der Waals surface area contributed by atoms with Crippen LogP contribution in [0.15, 0.2) is 5.18 Å². The molecule has 2 atom stereocenters. The molecule has 9 heavy (non-hydrogen) atoms. The van der Waals surface area contributed by atoms with Gasteiger partial charge in [0.2, 0.25) is 0 Å². The van der Waals surface area contributed by atoms with Crippen molar-refractivity contribution < 1.29 is 4.79 Å². The summed E-state index contributed by atoms with van der Waals surface area (Å²) in [5, 5.41) is 2.56. The van der Waals surface area contributed by atoms with Crippen molar-refractivity contribution in [2.75, 3.05) is 0 Å². The second-order valence-corrected chi connectivity index (χ2v) is 2.02. The number of nitrogens with two attached hydrogens (primary N) is 1. The van der Waals surface area contributed by atoms with Crippen LogP contribution in [0.1, 0.15) is 13.8 Å². The minimum Gasteiger partial charge on any atom is -0.326 e. The van der Waals surface area contributed by atoms with E-state index in [0.717, 1.165) is 0 Å². The van der Waals surface area contributed by atoms with Gasteiger partial charge in [-0.25, -0.2) is 0 Å². The number of Topliss-reactive ketones (excluding diaryl/α,β-unsaturated/α-hetero) is 1. The van der Waals surface area contributed by atoms with Gasteiger partial charge in [0.1, 0.15) is 0 Å². The van der Waals surface area contributed by atoms with Crippen molar-refractivity contribution in [2.45, 2.75) is 25.9 Å². The van der Waals surface area contributed by atoms with Crippen molar-refractivity contribution in [1.29, 1.82) is 0 Å². The predicted molar refractivity (Wildman–Crippen MR) is 33.9 cm³/mol. The summed E-state index contributed by atoms with van der Waals surface area (Å²) in [5.74, 6) is -0.278. The molecule has 0 aliphatic rings. The van der Waals surface area contributed by atoms with E-state index in [-0.39, 0.29) is 5.78 Å². The largest absolute Gasteiger partial charge is 0.326 e. The van der Waals surface area contributed by atoms with Crippen LogP contribution in [-0.2, 0) is 4.79 Å². The van der Waals surface area contributed by atoms with E-state index < -0.39 is 12.1 Å². The molecule has 2 N–H and O–H groups in total. The lowest BCUT2D eigenvalue weighted by Crippen LogP contribution is -2.34. The first-order chi connectivity index (χ1) is 4.09. The minimum atomic E-state index is -0.870. The molecule has 0 saturated carbocycles. The van der Waals surface area contributed by atoms with Gasteiger partial charge in [-0.15, -0.1) is 4.91 Å². The molecule has 0 fully saturated rings. The summed E-state index contributed by atoms with van der Waals surface area (Å²) in [6.07, 6.45) is 0. The van der Waals surface area contributed by atoms with Crippen molar-refractivity contribution in [3.05, 3.63) is 4.91 Å². The van der Waals surface area contributed by atoms with E-state index in [4.69, 9.17) is 5.73 Å². The van der Waals surface area contributed by atoms with Gasteiger partial charge in [-0.05, 0) is 13.8 Å². The lowest BCUT2D eigenvalue weighted by molar-refractivity contribution is -0.118. The highest BCUT2D eigenvalue weighted by Crippen LogP contribution is 1.95. The van der Waals surface area contributed by atoms with Gasteiger partial charge in [-0.2, -0.15) is 0 Å². The van der Waals surface area contributed by atoms with Crippen molar-refractivity contribution in [3.63, 3.8) is 0 Å². The van der Waals surface area contributed by atoms with Gasteiger partial charge >= 0.3 is 0 Å². The molecule has 0 radical (unpaired) electrons. The summed E-state index contributed by atoms with van der Waals surface area (Å²) in [7, 11) is 0.